The van der Waals surface area contributed by atoms with Gasteiger partial charge in [-0.15, -0.1) is 0 Å². The first-order valence-corrected chi connectivity index (χ1v) is 10.7. The van der Waals surface area contributed by atoms with Crippen molar-refractivity contribution in [3.05, 3.63) is 0 Å². The van der Waals surface area contributed by atoms with Crippen molar-refractivity contribution in [1.29, 1.82) is 0 Å². The van der Waals surface area contributed by atoms with Crippen LogP contribution in [0, 0.1) is 11.8 Å². The minimum Gasteiger partial charge on any atom is -0.382 e. The summed E-state index contributed by atoms with van der Waals surface area (Å²) in [6.07, 6.45) is -1.31. The lowest BCUT2D eigenvalue weighted by molar-refractivity contribution is -0.0286. The first-order chi connectivity index (χ1) is 12.2. The minimum atomic E-state index is -4.26. The SMILES string of the molecule is BB[C@@H]1O[C@H](COP(=O)(O)OC2[C@H](B)O[C@H](COC)[C@@H]2C)[C@H](OC)C1C. The molecule has 2 aliphatic rings. The zero-order valence-corrected chi connectivity index (χ0v) is 17.4. The van der Waals surface area contributed by atoms with E-state index in [0.717, 1.165) is 7.17 Å². The van der Waals surface area contributed by atoms with E-state index in [0.29, 0.717) is 6.61 Å². The molecule has 2 saturated heterocycles. The number of phosphoric acid groups is 1. The maximum atomic E-state index is 12.4. The molecule has 0 saturated carbocycles. The first kappa shape index (κ1) is 22.4. The van der Waals surface area contributed by atoms with Gasteiger partial charge in [0.05, 0.1) is 45.3 Å². The molecule has 148 valence electrons. The summed E-state index contributed by atoms with van der Waals surface area (Å²) < 4.78 is 45.4. The highest BCUT2D eigenvalue weighted by molar-refractivity contribution is 7.47. The van der Waals surface area contributed by atoms with Gasteiger partial charge in [0.2, 0.25) is 0 Å². The van der Waals surface area contributed by atoms with Gasteiger partial charge < -0.3 is 23.8 Å². The minimum absolute atomic E-state index is 0.0469. The van der Waals surface area contributed by atoms with Gasteiger partial charge in [0.15, 0.2) is 0 Å². The second-order valence-corrected chi connectivity index (χ2v) is 8.62. The summed E-state index contributed by atoms with van der Waals surface area (Å²) in [6.45, 7) is 4.30. The van der Waals surface area contributed by atoms with Crippen LogP contribution in [0.25, 0.3) is 0 Å². The van der Waals surface area contributed by atoms with Gasteiger partial charge in [-0.3, -0.25) is 9.05 Å². The largest absolute Gasteiger partial charge is 0.472 e. The predicted molar refractivity (Wildman–Crippen MR) is 103 cm³/mol. The van der Waals surface area contributed by atoms with Crippen molar-refractivity contribution in [3.8, 4) is 0 Å². The first-order valence-electron chi connectivity index (χ1n) is 9.22. The number of methoxy groups -OCH3 is 2. The molecule has 3 unspecified atom stereocenters. The summed E-state index contributed by atoms with van der Waals surface area (Å²) in [5, 5.41) is 0. The second kappa shape index (κ2) is 9.57. The van der Waals surface area contributed by atoms with E-state index >= 15 is 0 Å². The highest BCUT2D eigenvalue weighted by atomic mass is 31.2. The summed E-state index contributed by atoms with van der Waals surface area (Å²) in [6, 6.07) is -0.279. The molecular formula is C14H30B3O8P. The third-order valence-electron chi connectivity index (χ3n) is 5.44. The number of hydrogen-bond acceptors (Lipinski definition) is 7. The molecule has 0 aliphatic carbocycles. The average molecular weight is 390 g/mol. The molecule has 2 rings (SSSR count). The molecule has 0 bridgehead atoms. The lowest BCUT2D eigenvalue weighted by Gasteiger charge is -2.24. The van der Waals surface area contributed by atoms with E-state index in [1.54, 1.807) is 14.2 Å². The molecule has 0 spiro atoms. The Morgan fingerprint density at radius 1 is 1.12 bits per heavy atom. The smallest absolute Gasteiger partial charge is 0.382 e. The molecule has 0 amide bonds. The second-order valence-electron chi connectivity index (χ2n) is 7.21. The van der Waals surface area contributed by atoms with Crippen molar-refractivity contribution in [2.24, 2.45) is 11.8 Å². The van der Waals surface area contributed by atoms with Crippen LogP contribution < -0.4 is 0 Å². The van der Waals surface area contributed by atoms with Gasteiger partial charge >= 0.3 is 7.82 Å². The van der Waals surface area contributed by atoms with Crippen LogP contribution in [0.15, 0.2) is 0 Å². The van der Waals surface area contributed by atoms with E-state index in [1.807, 2.05) is 29.4 Å². The Kier molecular flexibility index (Phi) is 8.25. The monoisotopic (exact) mass is 390 g/mol. The van der Waals surface area contributed by atoms with E-state index in [9.17, 15) is 9.46 Å². The normalized spacial score (nSPS) is 42.7. The Morgan fingerprint density at radius 3 is 2.38 bits per heavy atom. The highest BCUT2D eigenvalue weighted by Crippen LogP contribution is 2.48. The quantitative estimate of drug-likeness (QED) is 0.376. The number of hydrogen-bond donors (Lipinski definition) is 1. The molecule has 12 heteroatoms. The molecule has 2 aliphatic heterocycles. The summed E-state index contributed by atoms with van der Waals surface area (Å²) in [5.74, 6) is 0.101. The van der Waals surface area contributed by atoms with E-state index in [-0.39, 0.29) is 42.7 Å². The van der Waals surface area contributed by atoms with Gasteiger partial charge in [0.1, 0.15) is 21.1 Å². The van der Waals surface area contributed by atoms with Crippen LogP contribution in [-0.4, -0.2) is 91.5 Å². The maximum absolute atomic E-state index is 12.4. The molecule has 2 heterocycles. The van der Waals surface area contributed by atoms with Crippen LogP contribution in [0.3, 0.4) is 0 Å². The van der Waals surface area contributed by atoms with Crippen molar-refractivity contribution in [3.63, 3.8) is 0 Å². The van der Waals surface area contributed by atoms with E-state index in [2.05, 4.69) is 0 Å². The molecule has 0 aromatic carbocycles. The van der Waals surface area contributed by atoms with Crippen molar-refractivity contribution >= 4 is 30.6 Å². The van der Waals surface area contributed by atoms with Gasteiger partial charge in [-0.2, -0.15) is 0 Å². The maximum Gasteiger partial charge on any atom is 0.472 e. The molecule has 0 aromatic heterocycles. The average Bonchev–Trinajstić information content (AvgIpc) is 3.04. The van der Waals surface area contributed by atoms with Crippen LogP contribution in [0.1, 0.15) is 13.8 Å². The van der Waals surface area contributed by atoms with E-state index in [1.165, 1.54) is 0 Å². The van der Waals surface area contributed by atoms with Gasteiger partial charge in [-0.1, -0.05) is 13.8 Å². The third-order valence-corrected chi connectivity index (χ3v) is 6.42. The Labute approximate surface area is 158 Å². The van der Waals surface area contributed by atoms with Crippen molar-refractivity contribution < 1.29 is 37.5 Å². The van der Waals surface area contributed by atoms with Gasteiger partial charge in [-0.25, -0.2) is 4.57 Å². The van der Waals surface area contributed by atoms with Crippen LogP contribution in [0.5, 0.6) is 0 Å². The Balaban J connectivity index is 1.91. The lowest BCUT2D eigenvalue weighted by Crippen LogP contribution is -2.32. The highest BCUT2D eigenvalue weighted by Gasteiger charge is 2.46. The fourth-order valence-electron chi connectivity index (χ4n) is 3.95. The predicted octanol–water partition coefficient (Wildman–Crippen LogP) is -1.51. The summed E-state index contributed by atoms with van der Waals surface area (Å²) in [7, 11) is 3.64. The van der Waals surface area contributed by atoms with Crippen LogP contribution in [-0.2, 0) is 32.6 Å². The summed E-state index contributed by atoms with van der Waals surface area (Å²) in [5.41, 5.74) is 0. The van der Waals surface area contributed by atoms with E-state index in [4.69, 9.17) is 28.0 Å². The van der Waals surface area contributed by atoms with Crippen LogP contribution >= 0.6 is 7.82 Å². The van der Waals surface area contributed by atoms with Crippen LogP contribution in [0.2, 0.25) is 0 Å². The van der Waals surface area contributed by atoms with Crippen molar-refractivity contribution in [1.82, 2.24) is 0 Å². The van der Waals surface area contributed by atoms with Crippen molar-refractivity contribution in [2.45, 2.75) is 50.3 Å². The topological polar surface area (TPSA) is 92.7 Å². The van der Waals surface area contributed by atoms with Crippen LogP contribution in [0.4, 0.5) is 0 Å². The van der Waals surface area contributed by atoms with Gasteiger partial charge in [0, 0.05) is 32.1 Å². The third kappa shape index (κ3) is 5.14. The Bertz CT molecular complexity index is 501. The molecule has 2 fully saturated rings. The number of ether oxygens (including phenoxy) is 4. The molecule has 26 heavy (non-hydrogen) atoms. The van der Waals surface area contributed by atoms with Gasteiger partial charge in [0.25, 0.3) is 0 Å². The Morgan fingerprint density at radius 2 is 1.81 bits per heavy atom. The summed E-state index contributed by atoms with van der Waals surface area (Å²) >= 11 is 0. The standard InChI is InChI=1S/C14H30B3O8P/c1-7-9(5-20-3)23-13(15)12(7)25-26(18,19)22-6-10-11(21-4)8(2)14(17-16)24-10/h7-14,17H,5-6,15-16H2,1-4H3,(H,18,19)/t7-,8?,9+,10+,11+,12?,13+,14+/m0/s1. The zero-order chi connectivity index (χ0) is 19.5. The van der Waals surface area contributed by atoms with Gasteiger partial charge in [-0.05, 0) is 0 Å². The lowest BCUT2D eigenvalue weighted by atomic mass is 9.49. The molecule has 8 nitrogen and oxygen atoms in total. The number of rotatable bonds is 9. The van der Waals surface area contributed by atoms with E-state index < -0.39 is 20.0 Å². The fourth-order valence-corrected chi connectivity index (χ4v) is 5.02. The molecule has 0 radical (unpaired) electrons. The zero-order valence-electron chi connectivity index (χ0n) is 16.5. The fraction of sp³-hybridized carbons (Fsp3) is 1.00. The number of phosphoric ester groups is 1. The Hall–Kier alpha value is 0.145. The van der Waals surface area contributed by atoms with Crippen molar-refractivity contribution in [2.75, 3.05) is 27.4 Å². The molecular weight excluding hydrogens is 360 g/mol. The summed E-state index contributed by atoms with van der Waals surface area (Å²) in [4.78, 5) is 10.2. The molecule has 0 aromatic rings. The molecule has 1 N–H and O–H groups in total. The molecule has 9 atom stereocenters.